The lowest BCUT2D eigenvalue weighted by atomic mass is 9.50. The molecule has 28 heavy (non-hydrogen) atoms. The van der Waals surface area contributed by atoms with Crippen molar-refractivity contribution in [3.63, 3.8) is 0 Å². The van der Waals surface area contributed by atoms with Gasteiger partial charge in [-0.3, -0.25) is 9.00 Å². The summed E-state index contributed by atoms with van der Waals surface area (Å²) in [6.07, 6.45) is 7.30. The number of fused-ring (bicyclic) bond motifs is 1. The molecule has 1 atom stereocenters. The van der Waals surface area contributed by atoms with Crippen molar-refractivity contribution in [3.8, 4) is 0 Å². The average molecular weight is 399 g/mol. The van der Waals surface area contributed by atoms with E-state index in [9.17, 15) is 9.00 Å². The molecule has 8 heteroatoms. The summed E-state index contributed by atoms with van der Waals surface area (Å²) in [6.45, 7) is 1.99. The normalized spacial score (nSPS) is 27.4. The zero-order chi connectivity index (χ0) is 19.5. The molecule has 0 radical (unpaired) electrons. The van der Waals surface area contributed by atoms with Gasteiger partial charge in [0.05, 0.1) is 10.8 Å². The van der Waals surface area contributed by atoms with Gasteiger partial charge >= 0.3 is 0 Å². The molecule has 3 heterocycles. The molecule has 1 N–H and O–H groups in total. The summed E-state index contributed by atoms with van der Waals surface area (Å²) < 4.78 is 22.6. The van der Waals surface area contributed by atoms with Crippen molar-refractivity contribution in [2.45, 2.75) is 49.7 Å². The number of oxazole rings is 1. The second-order valence-corrected chi connectivity index (χ2v) is 9.46. The van der Waals surface area contributed by atoms with Crippen LogP contribution in [0.15, 0.2) is 38.3 Å². The van der Waals surface area contributed by atoms with E-state index in [1.54, 1.807) is 18.3 Å². The van der Waals surface area contributed by atoms with Crippen LogP contribution in [0, 0.1) is 12.3 Å². The van der Waals surface area contributed by atoms with Gasteiger partial charge in [-0.1, -0.05) is 0 Å². The van der Waals surface area contributed by atoms with Crippen molar-refractivity contribution < 1.29 is 17.8 Å². The molecule has 3 aromatic rings. The largest absolute Gasteiger partial charge is 0.442 e. The number of nitrogens with one attached hydrogen (secondary N) is 1. The molecule has 1 unspecified atom stereocenters. The zero-order valence-corrected chi connectivity index (χ0v) is 16.5. The molecule has 7 nitrogen and oxygen atoms in total. The van der Waals surface area contributed by atoms with E-state index in [2.05, 4.69) is 15.3 Å². The van der Waals surface area contributed by atoms with Gasteiger partial charge in [-0.15, -0.1) is 0 Å². The lowest BCUT2D eigenvalue weighted by molar-refractivity contribution is -0.0257. The van der Waals surface area contributed by atoms with Crippen LogP contribution >= 0.6 is 0 Å². The third kappa shape index (κ3) is 2.96. The molecular formula is C20H21N3O4S. The molecular weight excluding hydrogens is 378 g/mol. The van der Waals surface area contributed by atoms with Gasteiger partial charge in [-0.2, -0.15) is 0 Å². The first-order chi connectivity index (χ1) is 13.4. The number of aromatic nitrogens is 2. The minimum absolute atomic E-state index is 0.155. The topological polar surface area (TPSA) is 98.2 Å². The van der Waals surface area contributed by atoms with Crippen molar-refractivity contribution in [2.24, 2.45) is 5.41 Å². The van der Waals surface area contributed by atoms with Gasteiger partial charge in [-0.25, -0.2) is 9.97 Å². The van der Waals surface area contributed by atoms with Crippen LogP contribution in [0.25, 0.3) is 11.2 Å². The van der Waals surface area contributed by atoms with E-state index in [0.717, 1.165) is 42.7 Å². The van der Waals surface area contributed by atoms with Crippen molar-refractivity contribution in [1.29, 1.82) is 0 Å². The van der Waals surface area contributed by atoms with E-state index in [0.29, 0.717) is 16.7 Å². The van der Waals surface area contributed by atoms with Crippen LogP contribution in [0.1, 0.15) is 53.6 Å². The molecule has 1 spiro atoms. The van der Waals surface area contributed by atoms with Crippen LogP contribution in [0.2, 0.25) is 0 Å². The van der Waals surface area contributed by atoms with Gasteiger partial charge in [0, 0.05) is 24.4 Å². The number of hydrogen-bond donors (Lipinski definition) is 1. The number of nitrogens with zero attached hydrogens (tertiary/aromatic N) is 2. The highest BCUT2D eigenvalue weighted by molar-refractivity contribution is 7.84. The Morgan fingerprint density at radius 1 is 1.25 bits per heavy atom. The lowest BCUT2D eigenvalue weighted by Gasteiger charge is -2.57. The maximum Gasteiger partial charge on any atom is 0.287 e. The first kappa shape index (κ1) is 17.6. The fourth-order valence-electron chi connectivity index (χ4n) is 4.55. The van der Waals surface area contributed by atoms with Crippen LogP contribution in [-0.4, -0.2) is 32.4 Å². The van der Waals surface area contributed by atoms with Gasteiger partial charge in [-0.05, 0) is 61.8 Å². The minimum Gasteiger partial charge on any atom is -0.442 e. The third-order valence-electron chi connectivity index (χ3n) is 5.89. The van der Waals surface area contributed by atoms with Gasteiger partial charge in [0.25, 0.3) is 5.91 Å². The average Bonchev–Trinajstić information content (AvgIpc) is 3.21. The molecule has 146 valence electrons. The molecule has 3 aromatic heterocycles. The Morgan fingerprint density at radius 2 is 2.04 bits per heavy atom. The van der Waals surface area contributed by atoms with E-state index in [1.807, 2.05) is 13.0 Å². The predicted molar refractivity (Wildman–Crippen MR) is 102 cm³/mol. The van der Waals surface area contributed by atoms with Gasteiger partial charge in [0.15, 0.2) is 10.9 Å². The molecule has 0 saturated heterocycles. The van der Waals surface area contributed by atoms with Crippen LogP contribution in [-0.2, 0) is 10.8 Å². The highest BCUT2D eigenvalue weighted by atomic mass is 32.2. The molecule has 2 aliphatic carbocycles. The Balaban J connectivity index is 1.16. The standard InChI is InChI=1S/C20H21N3O4S/c1-11-5-14-19(21-10-11)27-18(23-14)12-6-20(7-12)8-13(9-20)22-17(24)15-3-4-16(26-15)28(2)25/h3-5,10,12-13H,6-9H2,1-2H3,(H,22,24). The first-order valence-electron chi connectivity index (χ1n) is 9.38. The van der Waals surface area contributed by atoms with Gasteiger partial charge in [0.2, 0.25) is 11.6 Å². The highest BCUT2D eigenvalue weighted by Gasteiger charge is 2.54. The molecule has 1 amide bonds. The van der Waals surface area contributed by atoms with Gasteiger partial charge in [0.1, 0.15) is 5.52 Å². The summed E-state index contributed by atoms with van der Waals surface area (Å²) >= 11 is 0. The Bertz CT molecular complexity index is 1090. The molecule has 0 aliphatic heterocycles. The molecule has 0 bridgehead atoms. The minimum atomic E-state index is -1.23. The number of pyridine rings is 1. The number of aryl methyl sites for hydroxylation is 1. The number of hydrogen-bond acceptors (Lipinski definition) is 6. The fraction of sp³-hybridized carbons (Fsp3) is 0.450. The van der Waals surface area contributed by atoms with Crippen LogP contribution in [0.4, 0.5) is 0 Å². The smallest absolute Gasteiger partial charge is 0.287 e. The Morgan fingerprint density at radius 3 is 2.75 bits per heavy atom. The maximum atomic E-state index is 12.3. The van der Waals surface area contributed by atoms with E-state index < -0.39 is 10.8 Å². The van der Waals surface area contributed by atoms with E-state index in [-0.39, 0.29) is 23.1 Å². The van der Waals surface area contributed by atoms with Crippen molar-refractivity contribution in [2.75, 3.05) is 6.26 Å². The summed E-state index contributed by atoms with van der Waals surface area (Å²) in [5.74, 6) is 1.08. The summed E-state index contributed by atoms with van der Waals surface area (Å²) in [5.41, 5.74) is 2.78. The second kappa shape index (κ2) is 6.27. The number of furan rings is 1. The Hall–Kier alpha value is -2.48. The quantitative estimate of drug-likeness (QED) is 0.723. The predicted octanol–water partition coefficient (Wildman–Crippen LogP) is 3.32. The summed E-state index contributed by atoms with van der Waals surface area (Å²) in [7, 11) is -1.23. The summed E-state index contributed by atoms with van der Waals surface area (Å²) in [6, 6.07) is 5.30. The van der Waals surface area contributed by atoms with Crippen molar-refractivity contribution in [1.82, 2.24) is 15.3 Å². The SMILES string of the molecule is Cc1cnc2oc(C3CC4(CC(NC(=O)c5ccc(S(C)=O)o5)C4)C3)nc2c1. The molecule has 2 fully saturated rings. The van der Waals surface area contributed by atoms with E-state index >= 15 is 0 Å². The maximum absolute atomic E-state index is 12.3. The van der Waals surface area contributed by atoms with E-state index in [1.165, 1.54) is 6.26 Å². The monoisotopic (exact) mass is 399 g/mol. The first-order valence-corrected chi connectivity index (χ1v) is 10.9. The van der Waals surface area contributed by atoms with Crippen LogP contribution in [0.5, 0.6) is 0 Å². The van der Waals surface area contributed by atoms with Gasteiger partial charge < -0.3 is 14.2 Å². The summed E-state index contributed by atoms with van der Waals surface area (Å²) in [5, 5.41) is 3.33. The number of carbonyl (C=O) groups excluding carboxylic acids is 1. The molecule has 0 aromatic carbocycles. The van der Waals surface area contributed by atoms with E-state index in [4.69, 9.17) is 8.83 Å². The number of carbonyl (C=O) groups is 1. The lowest BCUT2D eigenvalue weighted by Crippen LogP contribution is -2.55. The third-order valence-corrected chi connectivity index (χ3v) is 6.68. The molecule has 2 saturated carbocycles. The van der Waals surface area contributed by atoms with Crippen LogP contribution < -0.4 is 5.32 Å². The number of rotatable bonds is 4. The van der Waals surface area contributed by atoms with Crippen molar-refractivity contribution >= 4 is 27.9 Å². The molecule has 2 aliphatic rings. The number of amides is 1. The van der Waals surface area contributed by atoms with Crippen LogP contribution in [0.3, 0.4) is 0 Å². The Labute approximate surface area is 164 Å². The highest BCUT2D eigenvalue weighted by Crippen LogP contribution is 2.61. The fourth-order valence-corrected chi connectivity index (χ4v) is 5.02. The zero-order valence-electron chi connectivity index (χ0n) is 15.7. The summed E-state index contributed by atoms with van der Waals surface area (Å²) in [4.78, 5) is 21.2. The molecule has 5 rings (SSSR count). The Kier molecular flexibility index (Phi) is 3.94. The van der Waals surface area contributed by atoms with Crippen molar-refractivity contribution in [3.05, 3.63) is 41.6 Å². The second-order valence-electron chi connectivity index (χ2n) is 8.15.